The molecule has 1 atom stereocenters. The maximum absolute atomic E-state index is 12.2. The van der Waals surface area contributed by atoms with Gasteiger partial charge in [0.15, 0.2) is 11.5 Å². The molecule has 5 heteroatoms. The molecule has 0 aliphatic carbocycles. The molecule has 3 rings (SSSR count). The van der Waals surface area contributed by atoms with Gasteiger partial charge in [-0.3, -0.25) is 0 Å². The minimum Gasteiger partial charge on any atom is -0.486 e. The Bertz CT molecular complexity index is 503. The zero-order chi connectivity index (χ0) is 13.9. The molecule has 20 heavy (non-hydrogen) atoms. The number of carbonyl (C=O) groups excluding carboxylic acids is 1. The molecule has 0 amide bonds. The van der Waals surface area contributed by atoms with Crippen molar-refractivity contribution in [1.82, 2.24) is 4.90 Å². The van der Waals surface area contributed by atoms with Gasteiger partial charge in [-0.1, -0.05) is 0 Å². The first kappa shape index (κ1) is 13.2. The summed E-state index contributed by atoms with van der Waals surface area (Å²) >= 11 is 0. The molecule has 1 fully saturated rings. The van der Waals surface area contributed by atoms with E-state index < -0.39 is 0 Å². The minimum absolute atomic E-state index is 0.0190. The van der Waals surface area contributed by atoms with Crippen molar-refractivity contribution in [1.29, 1.82) is 0 Å². The number of rotatable bonds is 2. The van der Waals surface area contributed by atoms with E-state index in [1.54, 1.807) is 18.2 Å². The lowest BCUT2D eigenvalue weighted by atomic mass is 10.1. The van der Waals surface area contributed by atoms with Gasteiger partial charge in [-0.2, -0.15) is 0 Å². The van der Waals surface area contributed by atoms with Crippen LogP contribution in [0.3, 0.4) is 0 Å². The Balaban J connectivity index is 1.67. The van der Waals surface area contributed by atoms with Gasteiger partial charge in [0.1, 0.15) is 19.3 Å². The fraction of sp³-hybridized carbons (Fsp3) is 0.533. The van der Waals surface area contributed by atoms with Crippen LogP contribution in [0.5, 0.6) is 11.5 Å². The second-order valence-electron chi connectivity index (χ2n) is 5.29. The first-order valence-corrected chi connectivity index (χ1v) is 7.01. The van der Waals surface area contributed by atoms with Gasteiger partial charge in [0, 0.05) is 6.54 Å². The standard InChI is InChI=1S/C15H19NO4/c1-16-6-2-3-12(10-16)20-15(17)11-4-5-13-14(9-11)19-8-7-18-13/h4-5,9,12H,2-3,6-8,10H2,1H3/t12-/m0/s1. The second-order valence-corrected chi connectivity index (χ2v) is 5.29. The van der Waals surface area contributed by atoms with Crippen molar-refractivity contribution in [2.24, 2.45) is 0 Å². The number of nitrogens with zero attached hydrogens (tertiary/aromatic N) is 1. The van der Waals surface area contributed by atoms with Crippen molar-refractivity contribution in [3.05, 3.63) is 23.8 Å². The predicted molar refractivity (Wildman–Crippen MR) is 73.4 cm³/mol. The lowest BCUT2D eigenvalue weighted by Crippen LogP contribution is -2.38. The van der Waals surface area contributed by atoms with Gasteiger partial charge >= 0.3 is 5.97 Å². The van der Waals surface area contributed by atoms with E-state index in [4.69, 9.17) is 14.2 Å². The van der Waals surface area contributed by atoms with Crippen molar-refractivity contribution in [2.75, 3.05) is 33.4 Å². The van der Waals surface area contributed by atoms with E-state index in [1.807, 2.05) is 7.05 Å². The van der Waals surface area contributed by atoms with Crippen molar-refractivity contribution in [3.8, 4) is 11.5 Å². The summed E-state index contributed by atoms with van der Waals surface area (Å²) in [4.78, 5) is 14.4. The Kier molecular flexibility index (Phi) is 3.78. The molecule has 1 saturated heterocycles. The van der Waals surface area contributed by atoms with Crippen LogP contribution < -0.4 is 9.47 Å². The van der Waals surface area contributed by atoms with Crippen LogP contribution in [-0.2, 0) is 4.74 Å². The van der Waals surface area contributed by atoms with E-state index in [0.29, 0.717) is 30.3 Å². The molecular weight excluding hydrogens is 258 g/mol. The van der Waals surface area contributed by atoms with Crippen LogP contribution in [0.1, 0.15) is 23.2 Å². The first-order chi connectivity index (χ1) is 9.72. The fourth-order valence-electron chi connectivity index (χ4n) is 2.61. The highest BCUT2D eigenvalue weighted by Crippen LogP contribution is 2.31. The molecule has 2 heterocycles. The molecule has 0 saturated carbocycles. The number of hydrogen-bond donors (Lipinski definition) is 0. The molecule has 0 unspecified atom stereocenters. The number of ether oxygens (including phenoxy) is 3. The monoisotopic (exact) mass is 277 g/mol. The second kappa shape index (κ2) is 5.71. The lowest BCUT2D eigenvalue weighted by Gasteiger charge is -2.29. The Morgan fingerprint density at radius 2 is 2.10 bits per heavy atom. The summed E-state index contributed by atoms with van der Waals surface area (Å²) in [6.07, 6.45) is 1.98. The zero-order valence-electron chi connectivity index (χ0n) is 11.6. The van der Waals surface area contributed by atoms with E-state index >= 15 is 0 Å². The van der Waals surface area contributed by atoms with E-state index in [2.05, 4.69) is 4.90 Å². The maximum Gasteiger partial charge on any atom is 0.338 e. The van der Waals surface area contributed by atoms with E-state index in [1.165, 1.54) is 0 Å². The van der Waals surface area contributed by atoms with Crippen LogP contribution >= 0.6 is 0 Å². The molecule has 1 aromatic rings. The molecule has 0 spiro atoms. The first-order valence-electron chi connectivity index (χ1n) is 7.01. The summed E-state index contributed by atoms with van der Waals surface area (Å²) < 4.78 is 16.5. The Hall–Kier alpha value is -1.75. The Morgan fingerprint density at radius 1 is 1.30 bits per heavy atom. The number of benzene rings is 1. The number of likely N-dealkylation sites (N-methyl/N-ethyl adjacent to an activating group) is 1. The largest absolute Gasteiger partial charge is 0.486 e. The molecule has 0 aromatic heterocycles. The van der Waals surface area contributed by atoms with Crippen molar-refractivity contribution in [2.45, 2.75) is 18.9 Å². The summed E-state index contributed by atoms with van der Waals surface area (Å²) in [5.74, 6) is 1.01. The summed E-state index contributed by atoms with van der Waals surface area (Å²) in [5.41, 5.74) is 0.516. The van der Waals surface area contributed by atoms with Gasteiger partial charge in [0.2, 0.25) is 0 Å². The number of carbonyl (C=O) groups is 1. The average molecular weight is 277 g/mol. The highest BCUT2D eigenvalue weighted by molar-refractivity contribution is 5.90. The molecular formula is C15H19NO4. The number of esters is 1. The number of fused-ring (bicyclic) bond motifs is 1. The third-order valence-corrected chi connectivity index (χ3v) is 3.63. The van der Waals surface area contributed by atoms with Gasteiger partial charge in [-0.15, -0.1) is 0 Å². The third kappa shape index (κ3) is 2.88. The van der Waals surface area contributed by atoms with E-state index in [9.17, 15) is 4.79 Å². The highest BCUT2D eigenvalue weighted by Gasteiger charge is 2.22. The molecule has 0 N–H and O–H groups in total. The number of piperidine rings is 1. The van der Waals surface area contributed by atoms with Gasteiger partial charge in [-0.25, -0.2) is 4.79 Å². The topological polar surface area (TPSA) is 48.0 Å². The smallest absolute Gasteiger partial charge is 0.338 e. The summed E-state index contributed by atoms with van der Waals surface area (Å²) in [5, 5.41) is 0. The minimum atomic E-state index is -0.290. The third-order valence-electron chi connectivity index (χ3n) is 3.63. The molecule has 5 nitrogen and oxygen atoms in total. The van der Waals surface area contributed by atoms with Crippen molar-refractivity contribution in [3.63, 3.8) is 0 Å². The highest BCUT2D eigenvalue weighted by atomic mass is 16.6. The lowest BCUT2D eigenvalue weighted by molar-refractivity contribution is 0.0108. The van der Waals surface area contributed by atoms with Crippen molar-refractivity contribution < 1.29 is 19.0 Å². The molecule has 0 bridgehead atoms. The predicted octanol–water partition coefficient (Wildman–Crippen LogP) is 1.71. The average Bonchev–Trinajstić information content (AvgIpc) is 2.47. The molecule has 1 aromatic carbocycles. The Labute approximate surface area is 118 Å². The summed E-state index contributed by atoms with van der Waals surface area (Å²) in [6, 6.07) is 5.18. The quantitative estimate of drug-likeness (QED) is 0.770. The van der Waals surface area contributed by atoms with Crippen LogP contribution in [-0.4, -0.2) is 50.3 Å². The molecule has 2 aliphatic rings. The molecule has 2 aliphatic heterocycles. The van der Waals surface area contributed by atoms with Crippen LogP contribution in [0.25, 0.3) is 0 Å². The van der Waals surface area contributed by atoms with Gasteiger partial charge < -0.3 is 19.1 Å². The van der Waals surface area contributed by atoms with Gasteiger partial charge in [0.25, 0.3) is 0 Å². The SMILES string of the molecule is CN1CCC[C@H](OC(=O)c2ccc3c(c2)OCCO3)C1. The van der Waals surface area contributed by atoms with Gasteiger partial charge in [-0.05, 0) is 44.6 Å². The maximum atomic E-state index is 12.2. The van der Waals surface area contributed by atoms with Crippen LogP contribution in [0, 0.1) is 0 Å². The fourth-order valence-corrected chi connectivity index (χ4v) is 2.61. The van der Waals surface area contributed by atoms with Crippen LogP contribution in [0.2, 0.25) is 0 Å². The van der Waals surface area contributed by atoms with Gasteiger partial charge in [0.05, 0.1) is 5.56 Å². The molecule has 108 valence electrons. The Morgan fingerprint density at radius 3 is 2.90 bits per heavy atom. The van der Waals surface area contributed by atoms with E-state index in [0.717, 1.165) is 25.9 Å². The summed E-state index contributed by atoms with van der Waals surface area (Å²) in [7, 11) is 2.05. The van der Waals surface area contributed by atoms with Crippen molar-refractivity contribution >= 4 is 5.97 Å². The number of hydrogen-bond acceptors (Lipinski definition) is 5. The zero-order valence-corrected chi connectivity index (χ0v) is 11.6. The van der Waals surface area contributed by atoms with Crippen LogP contribution in [0.15, 0.2) is 18.2 Å². The van der Waals surface area contributed by atoms with E-state index in [-0.39, 0.29) is 12.1 Å². The molecule has 0 radical (unpaired) electrons. The van der Waals surface area contributed by atoms with Crippen LogP contribution in [0.4, 0.5) is 0 Å². The number of likely N-dealkylation sites (tertiary alicyclic amines) is 1. The summed E-state index contributed by atoms with van der Waals surface area (Å²) in [6.45, 7) is 2.93. The normalized spacial score (nSPS) is 22.4.